The highest BCUT2D eigenvalue weighted by Crippen LogP contribution is 2.10. The first-order chi connectivity index (χ1) is 8.16. The first kappa shape index (κ1) is 17.7. The molecule has 5 nitrogen and oxygen atoms in total. The number of nitrogens with one attached hydrogen (secondary N) is 2. The molecule has 1 heterocycles. The number of nitrogens with zero attached hydrogens (tertiary/aromatic N) is 1. The third-order valence-electron chi connectivity index (χ3n) is 2.51. The fraction of sp³-hybridized carbons (Fsp3) is 0.333. The lowest BCUT2D eigenvalue weighted by atomic mass is 10.3. The summed E-state index contributed by atoms with van der Waals surface area (Å²) in [6.45, 7) is 2.21. The van der Waals surface area contributed by atoms with Gasteiger partial charge in [0.1, 0.15) is 5.82 Å². The smallest absolute Gasteiger partial charge is 0.236 e. The number of H-pyrrole nitrogens is 1. The van der Waals surface area contributed by atoms with Crippen molar-refractivity contribution in [3.63, 3.8) is 0 Å². The van der Waals surface area contributed by atoms with Gasteiger partial charge in [-0.2, -0.15) is 0 Å². The fourth-order valence-corrected chi connectivity index (χ4v) is 1.59. The minimum Gasteiger partial charge on any atom is -0.354 e. The second-order valence-electron chi connectivity index (χ2n) is 4.03. The van der Waals surface area contributed by atoms with Gasteiger partial charge in [0.25, 0.3) is 0 Å². The summed E-state index contributed by atoms with van der Waals surface area (Å²) in [5.74, 6) is 0.734. The van der Waals surface area contributed by atoms with E-state index in [9.17, 15) is 4.79 Å². The van der Waals surface area contributed by atoms with Crippen LogP contribution in [0.15, 0.2) is 24.3 Å². The van der Waals surface area contributed by atoms with Gasteiger partial charge in [-0.1, -0.05) is 12.1 Å². The average molecular weight is 305 g/mol. The number of rotatable bonds is 4. The summed E-state index contributed by atoms with van der Waals surface area (Å²) in [5.41, 5.74) is 7.40. The third-order valence-corrected chi connectivity index (χ3v) is 2.51. The number of amides is 1. The molecule has 0 fully saturated rings. The number of carbonyl (C=O) groups is 1. The summed E-state index contributed by atoms with van der Waals surface area (Å²) >= 11 is 0. The predicted octanol–water partition coefficient (Wildman–Crippen LogP) is 1.41. The summed E-state index contributed by atoms with van der Waals surface area (Å²) in [7, 11) is 0. The van der Waals surface area contributed by atoms with Crippen molar-refractivity contribution >= 4 is 41.8 Å². The van der Waals surface area contributed by atoms with Gasteiger partial charge in [-0.3, -0.25) is 4.79 Å². The Labute approximate surface area is 124 Å². The molecule has 1 aromatic heterocycles. The number of benzene rings is 1. The maximum Gasteiger partial charge on any atom is 0.236 e. The molecule has 2 aromatic rings. The number of fused-ring (bicyclic) bond motifs is 1. The Morgan fingerprint density at radius 1 is 1.42 bits per heavy atom. The van der Waals surface area contributed by atoms with Gasteiger partial charge < -0.3 is 16.0 Å². The molecule has 0 saturated carbocycles. The second kappa shape index (κ2) is 7.99. The number of imidazole rings is 1. The van der Waals surface area contributed by atoms with Crippen LogP contribution in [0, 0.1) is 0 Å². The number of hydrogen-bond donors (Lipinski definition) is 3. The van der Waals surface area contributed by atoms with Crippen LogP contribution >= 0.6 is 24.8 Å². The number of hydrogen-bond acceptors (Lipinski definition) is 3. The Bertz CT molecular complexity index is 494. The van der Waals surface area contributed by atoms with Crippen LogP contribution in [0.3, 0.4) is 0 Å². The van der Waals surface area contributed by atoms with Crippen LogP contribution in [0.1, 0.15) is 12.7 Å². The van der Waals surface area contributed by atoms with Gasteiger partial charge in [0.05, 0.1) is 17.1 Å². The molecule has 4 N–H and O–H groups in total. The van der Waals surface area contributed by atoms with E-state index in [1.807, 2.05) is 24.3 Å². The Morgan fingerprint density at radius 3 is 2.74 bits per heavy atom. The number of para-hydroxylation sites is 2. The summed E-state index contributed by atoms with van der Waals surface area (Å²) < 4.78 is 0. The van der Waals surface area contributed by atoms with E-state index in [4.69, 9.17) is 5.73 Å². The molecule has 0 unspecified atom stereocenters. The van der Waals surface area contributed by atoms with Crippen molar-refractivity contribution in [2.45, 2.75) is 19.4 Å². The first-order valence-electron chi connectivity index (χ1n) is 5.64. The molecule has 1 amide bonds. The summed E-state index contributed by atoms with van der Waals surface area (Å²) in [6, 6.07) is 7.38. The number of carbonyl (C=O) groups excluding carboxylic acids is 1. The van der Waals surface area contributed by atoms with E-state index in [-0.39, 0.29) is 30.7 Å². The van der Waals surface area contributed by atoms with Crippen molar-refractivity contribution in [1.82, 2.24) is 15.3 Å². The van der Waals surface area contributed by atoms with Gasteiger partial charge >= 0.3 is 0 Å². The minimum atomic E-state index is -0.467. The van der Waals surface area contributed by atoms with Crippen molar-refractivity contribution in [3.05, 3.63) is 30.1 Å². The zero-order valence-corrected chi connectivity index (χ0v) is 12.2. The maximum absolute atomic E-state index is 11.2. The van der Waals surface area contributed by atoms with Gasteiger partial charge in [-0.15, -0.1) is 24.8 Å². The van der Waals surface area contributed by atoms with E-state index in [2.05, 4.69) is 15.3 Å². The largest absolute Gasteiger partial charge is 0.354 e. The molecule has 0 saturated heterocycles. The van der Waals surface area contributed by atoms with E-state index < -0.39 is 6.04 Å². The SMILES string of the molecule is C[C@@H](N)C(=O)NCCc1nc2ccccc2[nH]1.Cl.Cl. The Hall–Kier alpha value is -1.30. The quantitative estimate of drug-likeness (QED) is 0.798. The van der Waals surface area contributed by atoms with Crippen molar-refractivity contribution < 1.29 is 4.79 Å². The molecule has 0 aliphatic carbocycles. The molecular formula is C12H18Cl2N4O. The molecular weight excluding hydrogens is 287 g/mol. The normalized spacial score (nSPS) is 11.3. The van der Waals surface area contributed by atoms with Crippen LogP contribution in [-0.2, 0) is 11.2 Å². The van der Waals surface area contributed by atoms with Gasteiger partial charge in [0.15, 0.2) is 0 Å². The van der Waals surface area contributed by atoms with E-state index in [1.54, 1.807) is 6.92 Å². The van der Waals surface area contributed by atoms with E-state index in [1.165, 1.54) is 0 Å². The highest BCUT2D eigenvalue weighted by molar-refractivity contribution is 5.85. The van der Waals surface area contributed by atoms with Crippen LogP contribution < -0.4 is 11.1 Å². The summed E-state index contributed by atoms with van der Waals surface area (Å²) in [6.07, 6.45) is 0.674. The molecule has 0 bridgehead atoms. The van der Waals surface area contributed by atoms with Crippen LogP contribution in [-0.4, -0.2) is 28.5 Å². The summed E-state index contributed by atoms with van der Waals surface area (Å²) in [5, 5.41) is 2.75. The Morgan fingerprint density at radius 2 is 2.11 bits per heavy atom. The van der Waals surface area contributed by atoms with Crippen LogP contribution in [0.2, 0.25) is 0 Å². The van der Waals surface area contributed by atoms with E-state index in [0.717, 1.165) is 16.9 Å². The molecule has 1 aromatic carbocycles. The highest BCUT2D eigenvalue weighted by Gasteiger charge is 2.06. The molecule has 0 spiro atoms. The molecule has 106 valence electrons. The van der Waals surface area contributed by atoms with Gasteiger partial charge in [0.2, 0.25) is 5.91 Å². The maximum atomic E-state index is 11.2. The zero-order chi connectivity index (χ0) is 12.3. The first-order valence-corrected chi connectivity index (χ1v) is 5.64. The van der Waals surface area contributed by atoms with Crippen molar-refractivity contribution in [2.75, 3.05) is 6.54 Å². The number of halogens is 2. The van der Waals surface area contributed by atoms with Crippen molar-refractivity contribution in [2.24, 2.45) is 5.73 Å². The highest BCUT2D eigenvalue weighted by atomic mass is 35.5. The lowest BCUT2D eigenvalue weighted by molar-refractivity contribution is -0.121. The topological polar surface area (TPSA) is 83.8 Å². The number of aromatic nitrogens is 2. The Balaban J connectivity index is 0.00000162. The number of aromatic amines is 1. The molecule has 0 aliphatic heterocycles. The van der Waals surface area contributed by atoms with Gasteiger partial charge in [-0.25, -0.2) is 4.98 Å². The average Bonchev–Trinajstić information content (AvgIpc) is 2.71. The Kier molecular flexibility index (Phi) is 7.44. The fourth-order valence-electron chi connectivity index (χ4n) is 1.59. The lowest BCUT2D eigenvalue weighted by Crippen LogP contribution is -2.39. The van der Waals surface area contributed by atoms with Gasteiger partial charge in [0, 0.05) is 13.0 Å². The van der Waals surface area contributed by atoms with Gasteiger partial charge in [-0.05, 0) is 19.1 Å². The molecule has 0 radical (unpaired) electrons. The van der Waals surface area contributed by atoms with E-state index in [0.29, 0.717) is 13.0 Å². The van der Waals surface area contributed by atoms with Crippen LogP contribution in [0.5, 0.6) is 0 Å². The number of nitrogens with two attached hydrogens (primary N) is 1. The van der Waals surface area contributed by atoms with Crippen LogP contribution in [0.4, 0.5) is 0 Å². The lowest BCUT2D eigenvalue weighted by Gasteiger charge is -2.05. The molecule has 0 aliphatic rings. The standard InChI is InChI=1S/C12H16N4O.2ClH/c1-8(13)12(17)14-7-6-11-15-9-4-2-3-5-10(9)16-11;;/h2-5,8H,6-7,13H2,1H3,(H,14,17)(H,15,16);2*1H/t8-;;/m1../s1. The molecule has 1 atom stereocenters. The van der Waals surface area contributed by atoms with E-state index >= 15 is 0 Å². The van der Waals surface area contributed by atoms with Crippen molar-refractivity contribution in [3.8, 4) is 0 Å². The predicted molar refractivity (Wildman–Crippen MR) is 81.0 cm³/mol. The second-order valence-corrected chi connectivity index (χ2v) is 4.03. The van der Waals surface area contributed by atoms with Crippen LogP contribution in [0.25, 0.3) is 11.0 Å². The molecule has 19 heavy (non-hydrogen) atoms. The summed E-state index contributed by atoms with van der Waals surface area (Å²) in [4.78, 5) is 18.9. The van der Waals surface area contributed by atoms with Crippen molar-refractivity contribution in [1.29, 1.82) is 0 Å². The third kappa shape index (κ3) is 4.70. The minimum absolute atomic E-state index is 0. The molecule has 2 rings (SSSR count). The monoisotopic (exact) mass is 304 g/mol. The molecule has 7 heteroatoms. The zero-order valence-electron chi connectivity index (χ0n) is 10.6.